The zero-order valence-electron chi connectivity index (χ0n) is 9.70. The maximum absolute atomic E-state index is 11.8. The van der Waals surface area contributed by atoms with Crippen molar-refractivity contribution in [2.45, 2.75) is 25.0 Å². The van der Waals surface area contributed by atoms with Gasteiger partial charge in [0.05, 0.1) is 11.5 Å². The van der Waals surface area contributed by atoms with Crippen LogP contribution in [-0.4, -0.2) is 28.3 Å². The summed E-state index contributed by atoms with van der Waals surface area (Å²) in [4.78, 5) is 24.0. The van der Waals surface area contributed by atoms with Crippen LogP contribution in [0.3, 0.4) is 0 Å². The maximum Gasteiger partial charge on any atom is 0.269 e. The lowest BCUT2D eigenvalue weighted by Crippen LogP contribution is -2.32. The predicted octanol–water partition coefficient (Wildman–Crippen LogP) is 1.19. The molecule has 1 saturated carbocycles. The molecule has 94 valence electrons. The highest BCUT2D eigenvalue weighted by Gasteiger charge is 2.41. The van der Waals surface area contributed by atoms with Crippen molar-refractivity contribution >= 4 is 11.6 Å². The molecule has 2 aliphatic rings. The van der Waals surface area contributed by atoms with Crippen LogP contribution in [0.15, 0.2) is 24.3 Å². The SMILES string of the molecule is O=C1CNC(c2cccc([N+](=O)[O-])c2)N1C1CC1. The van der Waals surface area contributed by atoms with E-state index in [1.54, 1.807) is 6.07 Å². The van der Waals surface area contributed by atoms with Crippen LogP contribution >= 0.6 is 0 Å². The Balaban J connectivity index is 1.91. The average molecular weight is 247 g/mol. The molecule has 0 aromatic heterocycles. The molecule has 1 amide bonds. The van der Waals surface area contributed by atoms with Gasteiger partial charge in [-0.2, -0.15) is 0 Å². The fraction of sp³-hybridized carbons (Fsp3) is 0.417. The molecule has 1 aliphatic heterocycles. The van der Waals surface area contributed by atoms with Crippen molar-refractivity contribution in [2.24, 2.45) is 0 Å². The van der Waals surface area contributed by atoms with Gasteiger partial charge < -0.3 is 4.90 Å². The first-order chi connectivity index (χ1) is 8.66. The van der Waals surface area contributed by atoms with E-state index in [9.17, 15) is 14.9 Å². The predicted molar refractivity (Wildman–Crippen MR) is 63.7 cm³/mol. The Morgan fingerprint density at radius 1 is 1.39 bits per heavy atom. The smallest absolute Gasteiger partial charge is 0.269 e. The van der Waals surface area contributed by atoms with E-state index in [-0.39, 0.29) is 17.8 Å². The zero-order chi connectivity index (χ0) is 12.7. The number of amides is 1. The van der Waals surface area contributed by atoms with Gasteiger partial charge in [-0.3, -0.25) is 20.2 Å². The lowest BCUT2D eigenvalue weighted by atomic mass is 10.1. The van der Waals surface area contributed by atoms with Gasteiger partial charge in [0, 0.05) is 18.2 Å². The fourth-order valence-corrected chi connectivity index (χ4v) is 2.37. The number of hydrogen-bond acceptors (Lipinski definition) is 4. The molecule has 18 heavy (non-hydrogen) atoms. The lowest BCUT2D eigenvalue weighted by Gasteiger charge is -2.24. The summed E-state index contributed by atoms with van der Waals surface area (Å²) in [7, 11) is 0. The molecular formula is C12H13N3O3. The Morgan fingerprint density at radius 3 is 2.83 bits per heavy atom. The normalized spacial score (nSPS) is 23.4. The molecule has 2 fully saturated rings. The van der Waals surface area contributed by atoms with E-state index >= 15 is 0 Å². The van der Waals surface area contributed by atoms with Gasteiger partial charge in [-0.25, -0.2) is 0 Å². The second-order valence-corrected chi connectivity index (χ2v) is 4.67. The van der Waals surface area contributed by atoms with Gasteiger partial charge in [-0.15, -0.1) is 0 Å². The van der Waals surface area contributed by atoms with Crippen molar-refractivity contribution in [1.29, 1.82) is 0 Å². The molecule has 1 N–H and O–H groups in total. The van der Waals surface area contributed by atoms with Crippen molar-refractivity contribution in [1.82, 2.24) is 10.2 Å². The fourth-order valence-electron chi connectivity index (χ4n) is 2.37. The third-order valence-corrected chi connectivity index (χ3v) is 3.35. The Labute approximate surface area is 104 Å². The van der Waals surface area contributed by atoms with Crippen LogP contribution in [0.4, 0.5) is 5.69 Å². The Morgan fingerprint density at radius 2 is 2.17 bits per heavy atom. The second-order valence-electron chi connectivity index (χ2n) is 4.67. The first kappa shape index (κ1) is 11.2. The summed E-state index contributed by atoms with van der Waals surface area (Å²) < 4.78 is 0. The van der Waals surface area contributed by atoms with Gasteiger partial charge in [0.25, 0.3) is 5.69 Å². The monoisotopic (exact) mass is 247 g/mol. The molecule has 3 rings (SSSR count). The number of hydrogen-bond donors (Lipinski definition) is 1. The number of nitrogens with zero attached hydrogens (tertiary/aromatic N) is 2. The number of nitro groups is 1. The lowest BCUT2D eigenvalue weighted by molar-refractivity contribution is -0.385. The minimum atomic E-state index is -0.415. The van der Waals surface area contributed by atoms with E-state index < -0.39 is 4.92 Å². The molecule has 6 nitrogen and oxygen atoms in total. The summed E-state index contributed by atoms with van der Waals surface area (Å²) >= 11 is 0. The molecule has 1 atom stereocenters. The van der Waals surface area contributed by atoms with E-state index in [1.165, 1.54) is 12.1 Å². The largest absolute Gasteiger partial charge is 0.319 e. The van der Waals surface area contributed by atoms with Crippen LogP contribution < -0.4 is 5.32 Å². The summed E-state index contributed by atoms with van der Waals surface area (Å²) in [6, 6.07) is 6.77. The molecule has 0 radical (unpaired) electrons. The molecular weight excluding hydrogens is 234 g/mol. The Bertz CT molecular complexity index is 513. The number of carbonyl (C=O) groups excluding carboxylic acids is 1. The van der Waals surface area contributed by atoms with Crippen LogP contribution in [0.25, 0.3) is 0 Å². The molecule has 0 bridgehead atoms. The first-order valence-corrected chi connectivity index (χ1v) is 5.96. The number of benzene rings is 1. The van der Waals surface area contributed by atoms with Gasteiger partial charge in [-0.05, 0) is 18.4 Å². The standard InChI is InChI=1S/C12H13N3O3/c16-11-7-13-12(14(11)9-4-5-9)8-2-1-3-10(6-8)15(17)18/h1-3,6,9,12-13H,4-5,7H2. The topological polar surface area (TPSA) is 75.5 Å². The summed E-state index contributed by atoms with van der Waals surface area (Å²) in [6.45, 7) is 0.309. The Hall–Kier alpha value is -1.95. The van der Waals surface area contributed by atoms with Crippen LogP contribution in [0.2, 0.25) is 0 Å². The number of non-ortho nitro benzene ring substituents is 1. The summed E-state index contributed by atoms with van der Waals surface area (Å²) in [5.74, 6) is 0.0778. The minimum absolute atomic E-state index is 0.0596. The molecule has 1 unspecified atom stereocenters. The molecule has 1 heterocycles. The van der Waals surface area contributed by atoms with Crippen LogP contribution in [-0.2, 0) is 4.79 Å². The van der Waals surface area contributed by atoms with E-state index in [2.05, 4.69) is 5.32 Å². The van der Waals surface area contributed by atoms with Gasteiger partial charge in [0.15, 0.2) is 0 Å². The summed E-state index contributed by atoms with van der Waals surface area (Å²) in [5.41, 5.74) is 0.839. The summed E-state index contributed by atoms with van der Waals surface area (Å²) in [5, 5.41) is 13.9. The van der Waals surface area contributed by atoms with Gasteiger partial charge in [-0.1, -0.05) is 12.1 Å². The van der Waals surface area contributed by atoms with E-state index in [0.717, 1.165) is 18.4 Å². The van der Waals surface area contributed by atoms with E-state index in [1.807, 2.05) is 11.0 Å². The molecule has 6 heteroatoms. The molecule has 1 aromatic carbocycles. The van der Waals surface area contributed by atoms with Crippen LogP contribution in [0, 0.1) is 10.1 Å². The van der Waals surface area contributed by atoms with Crippen LogP contribution in [0.1, 0.15) is 24.6 Å². The second kappa shape index (κ2) is 4.06. The minimum Gasteiger partial charge on any atom is -0.319 e. The van der Waals surface area contributed by atoms with E-state index in [0.29, 0.717) is 12.6 Å². The quantitative estimate of drug-likeness (QED) is 0.643. The number of nitrogens with one attached hydrogen (secondary N) is 1. The van der Waals surface area contributed by atoms with Gasteiger partial charge >= 0.3 is 0 Å². The Kier molecular flexibility index (Phi) is 2.52. The maximum atomic E-state index is 11.8. The molecule has 0 spiro atoms. The highest BCUT2D eigenvalue weighted by atomic mass is 16.6. The first-order valence-electron chi connectivity index (χ1n) is 5.96. The van der Waals surface area contributed by atoms with Crippen molar-refractivity contribution in [3.63, 3.8) is 0 Å². The molecule has 1 aliphatic carbocycles. The van der Waals surface area contributed by atoms with Crippen molar-refractivity contribution in [2.75, 3.05) is 6.54 Å². The number of rotatable bonds is 3. The third kappa shape index (κ3) is 1.84. The van der Waals surface area contributed by atoms with Gasteiger partial charge in [0.2, 0.25) is 5.91 Å². The highest BCUT2D eigenvalue weighted by Crippen LogP contribution is 2.36. The number of nitro benzene ring substituents is 1. The average Bonchev–Trinajstić information content (AvgIpc) is 3.12. The van der Waals surface area contributed by atoms with Crippen molar-refractivity contribution in [3.05, 3.63) is 39.9 Å². The zero-order valence-corrected chi connectivity index (χ0v) is 9.70. The van der Waals surface area contributed by atoms with E-state index in [4.69, 9.17) is 0 Å². The third-order valence-electron chi connectivity index (χ3n) is 3.35. The van der Waals surface area contributed by atoms with Crippen molar-refractivity contribution < 1.29 is 9.72 Å². The molecule has 1 aromatic rings. The highest BCUT2D eigenvalue weighted by molar-refractivity contribution is 5.81. The van der Waals surface area contributed by atoms with Crippen molar-refractivity contribution in [3.8, 4) is 0 Å². The summed E-state index contributed by atoms with van der Waals surface area (Å²) in [6.07, 6.45) is 1.84. The molecule has 1 saturated heterocycles. The van der Waals surface area contributed by atoms with Crippen LogP contribution in [0.5, 0.6) is 0 Å². The number of carbonyl (C=O) groups is 1. The van der Waals surface area contributed by atoms with Gasteiger partial charge in [0.1, 0.15) is 6.17 Å².